The van der Waals surface area contributed by atoms with Crippen molar-refractivity contribution in [2.45, 2.75) is 18.7 Å². The Morgan fingerprint density at radius 3 is 1.78 bits per heavy atom. The first kappa shape index (κ1) is 24.4. The lowest BCUT2D eigenvalue weighted by molar-refractivity contribution is -0.138. The maximum absolute atomic E-state index is 11.1. The highest BCUT2D eigenvalue weighted by Gasteiger charge is 2.30. The predicted molar refractivity (Wildman–Crippen MR) is 122 cm³/mol. The Hall–Kier alpha value is -3.82. The second-order valence-electron chi connectivity index (χ2n) is 6.93. The number of esters is 2. The summed E-state index contributed by atoms with van der Waals surface area (Å²) in [4.78, 5) is 22.2. The first-order valence-electron chi connectivity index (χ1n) is 9.78. The van der Waals surface area contributed by atoms with Gasteiger partial charge in [-0.3, -0.25) is 11.5 Å². The normalized spacial score (nSPS) is 10.8. The first-order chi connectivity index (χ1) is 15.2. The molecule has 0 aliphatic carbocycles. The molecule has 0 aliphatic rings. The SMILES string of the molecule is C=CC(=O)OCCc1ccc(OC(N)(N)c2c(N)cc(CCOC(=O)C=C)cc2N)cc1. The van der Waals surface area contributed by atoms with Gasteiger partial charge >= 0.3 is 11.9 Å². The molecule has 170 valence electrons. The van der Waals surface area contributed by atoms with Crippen LogP contribution >= 0.6 is 0 Å². The molecule has 0 saturated carbocycles. The van der Waals surface area contributed by atoms with E-state index in [0.717, 1.165) is 23.3 Å². The third-order valence-corrected chi connectivity index (χ3v) is 4.46. The van der Waals surface area contributed by atoms with Crippen LogP contribution in [0.25, 0.3) is 0 Å². The van der Waals surface area contributed by atoms with Gasteiger partial charge in [-0.05, 0) is 35.4 Å². The Bertz CT molecular complexity index is 963. The molecule has 0 heterocycles. The summed E-state index contributed by atoms with van der Waals surface area (Å²) in [6.45, 7) is 7.06. The minimum absolute atomic E-state index is 0.148. The monoisotopic (exact) mass is 440 g/mol. The standard InChI is InChI=1S/C23H28N4O5/c1-3-20(28)30-11-9-15-5-7-17(8-6-15)32-23(26,27)22-18(24)13-16(14-19(22)25)10-12-31-21(29)4-2/h3-8,13-14H,1-2,9-12,24-27H2. The average Bonchev–Trinajstić information content (AvgIpc) is 2.73. The molecule has 0 radical (unpaired) electrons. The minimum Gasteiger partial charge on any atom is -0.462 e. The third-order valence-electron chi connectivity index (χ3n) is 4.46. The molecule has 32 heavy (non-hydrogen) atoms. The predicted octanol–water partition coefficient (Wildman–Crippen LogP) is 1.50. The fourth-order valence-electron chi connectivity index (χ4n) is 2.97. The number of rotatable bonds is 11. The summed E-state index contributed by atoms with van der Waals surface area (Å²) in [6.07, 6.45) is 3.13. The fraction of sp³-hybridized carbons (Fsp3) is 0.217. The lowest BCUT2D eigenvalue weighted by Gasteiger charge is -2.29. The Morgan fingerprint density at radius 2 is 1.31 bits per heavy atom. The molecule has 0 spiro atoms. The second-order valence-corrected chi connectivity index (χ2v) is 6.93. The third kappa shape index (κ3) is 6.86. The number of carbonyl (C=O) groups is 2. The molecule has 2 aromatic rings. The van der Waals surface area contributed by atoms with Crippen molar-refractivity contribution in [1.29, 1.82) is 0 Å². The molecule has 0 fully saturated rings. The highest BCUT2D eigenvalue weighted by Crippen LogP contribution is 2.31. The van der Waals surface area contributed by atoms with Crippen molar-refractivity contribution in [2.75, 3.05) is 24.7 Å². The van der Waals surface area contributed by atoms with Crippen LogP contribution in [0.1, 0.15) is 16.7 Å². The van der Waals surface area contributed by atoms with Crippen LogP contribution < -0.4 is 27.7 Å². The summed E-state index contributed by atoms with van der Waals surface area (Å²) in [5, 5.41) is 0. The van der Waals surface area contributed by atoms with Crippen LogP contribution in [0.15, 0.2) is 61.7 Å². The summed E-state index contributed by atoms with van der Waals surface area (Å²) >= 11 is 0. The zero-order chi connectivity index (χ0) is 23.7. The minimum atomic E-state index is -1.79. The van der Waals surface area contributed by atoms with Crippen molar-refractivity contribution in [3.63, 3.8) is 0 Å². The topological polar surface area (TPSA) is 166 Å². The van der Waals surface area contributed by atoms with Gasteiger partial charge in [-0.2, -0.15) is 0 Å². The van der Waals surface area contributed by atoms with Gasteiger partial charge in [0.05, 0.1) is 18.8 Å². The summed E-state index contributed by atoms with van der Waals surface area (Å²) in [5.41, 5.74) is 27.1. The Kier molecular flexibility index (Phi) is 8.39. The fourth-order valence-corrected chi connectivity index (χ4v) is 2.97. The molecule has 2 rings (SSSR count). The van der Waals surface area contributed by atoms with E-state index in [1.54, 1.807) is 36.4 Å². The van der Waals surface area contributed by atoms with Crippen molar-refractivity contribution in [3.05, 3.63) is 78.4 Å². The highest BCUT2D eigenvalue weighted by molar-refractivity contribution is 5.81. The van der Waals surface area contributed by atoms with Crippen LogP contribution in [-0.2, 0) is 37.8 Å². The van der Waals surface area contributed by atoms with Gasteiger partial charge in [0, 0.05) is 36.4 Å². The number of benzene rings is 2. The Balaban J connectivity index is 2.05. The summed E-state index contributed by atoms with van der Waals surface area (Å²) in [6, 6.07) is 10.3. The van der Waals surface area contributed by atoms with Crippen LogP contribution in [0.3, 0.4) is 0 Å². The van der Waals surface area contributed by atoms with E-state index in [0.29, 0.717) is 18.6 Å². The molecular formula is C23H28N4O5. The number of nitrogen functional groups attached to an aromatic ring is 2. The number of hydrogen-bond donors (Lipinski definition) is 4. The van der Waals surface area contributed by atoms with Gasteiger partial charge in [0.1, 0.15) is 5.75 Å². The van der Waals surface area contributed by atoms with Gasteiger partial charge in [-0.1, -0.05) is 25.3 Å². The summed E-state index contributed by atoms with van der Waals surface area (Å²) < 4.78 is 15.7. The van der Waals surface area contributed by atoms with Crippen molar-refractivity contribution < 1.29 is 23.8 Å². The van der Waals surface area contributed by atoms with Crippen molar-refractivity contribution in [3.8, 4) is 5.75 Å². The van der Waals surface area contributed by atoms with E-state index >= 15 is 0 Å². The molecule has 0 aromatic heterocycles. The first-order valence-corrected chi connectivity index (χ1v) is 9.78. The molecule has 0 atom stereocenters. The number of ether oxygens (including phenoxy) is 3. The van der Waals surface area contributed by atoms with Gasteiger partial charge in [0.2, 0.25) is 5.85 Å². The van der Waals surface area contributed by atoms with Crippen molar-refractivity contribution >= 4 is 23.3 Å². The highest BCUT2D eigenvalue weighted by atomic mass is 16.5. The summed E-state index contributed by atoms with van der Waals surface area (Å²) in [7, 11) is 0. The van der Waals surface area contributed by atoms with Crippen LogP contribution in [0.5, 0.6) is 5.75 Å². The van der Waals surface area contributed by atoms with E-state index < -0.39 is 17.8 Å². The zero-order valence-corrected chi connectivity index (χ0v) is 17.7. The second kappa shape index (κ2) is 11.0. The van der Waals surface area contributed by atoms with Gasteiger partial charge < -0.3 is 25.7 Å². The molecule has 0 saturated heterocycles. The van der Waals surface area contributed by atoms with E-state index in [2.05, 4.69) is 13.2 Å². The molecule has 9 nitrogen and oxygen atoms in total. The maximum atomic E-state index is 11.1. The molecule has 0 amide bonds. The van der Waals surface area contributed by atoms with E-state index in [4.69, 9.17) is 37.1 Å². The Morgan fingerprint density at radius 1 is 0.844 bits per heavy atom. The lowest BCUT2D eigenvalue weighted by Crippen LogP contribution is -2.52. The van der Waals surface area contributed by atoms with Gasteiger partial charge in [0.15, 0.2) is 0 Å². The van der Waals surface area contributed by atoms with Crippen LogP contribution in [0.2, 0.25) is 0 Å². The van der Waals surface area contributed by atoms with E-state index in [9.17, 15) is 9.59 Å². The molecule has 0 aliphatic heterocycles. The molecular weight excluding hydrogens is 412 g/mol. The van der Waals surface area contributed by atoms with E-state index in [1.165, 1.54) is 0 Å². The molecule has 8 N–H and O–H groups in total. The van der Waals surface area contributed by atoms with Crippen molar-refractivity contribution in [2.24, 2.45) is 11.5 Å². The molecule has 2 aromatic carbocycles. The smallest absolute Gasteiger partial charge is 0.330 e. The van der Waals surface area contributed by atoms with Crippen LogP contribution in [0, 0.1) is 0 Å². The molecule has 0 unspecified atom stereocenters. The molecule has 0 bridgehead atoms. The molecule has 9 heteroatoms. The Labute approximate surface area is 186 Å². The number of nitrogens with two attached hydrogens (primary N) is 4. The number of hydrogen-bond acceptors (Lipinski definition) is 9. The van der Waals surface area contributed by atoms with Gasteiger partial charge in [0.25, 0.3) is 0 Å². The van der Waals surface area contributed by atoms with Gasteiger partial charge in [-0.25, -0.2) is 9.59 Å². The largest absolute Gasteiger partial charge is 0.462 e. The van der Waals surface area contributed by atoms with Crippen molar-refractivity contribution in [1.82, 2.24) is 0 Å². The quantitative estimate of drug-likeness (QED) is 0.175. The maximum Gasteiger partial charge on any atom is 0.330 e. The average molecular weight is 441 g/mol. The zero-order valence-electron chi connectivity index (χ0n) is 17.7. The van der Waals surface area contributed by atoms with E-state index in [-0.39, 0.29) is 30.2 Å². The lowest BCUT2D eigenvalue weighted by atomic mass is 10.0. The summed E-state index contributed by atoms with van der Waals surface area (Å²) in [5.74, 6) is -2.37. The number of carbonyl (C=O) groups excluding carboxylic acids is 2. The number of anilines is 2. The van der Waals surface area contributed by atoms with E-state index in [1.807, 2.05) is 0 Å². The van der Waals surface area contributed by atoms with Crippen LogP contribution in [0.4, 0.5) is 11.4 Å². The van der Waals surface area contributed by atoms with Crippen LogP contribution in [-0.4, -0.2) is 25.2 Å². The van der Waals surface area contributed by atoms with Gasteiger partial charge in [-0.15, -0.1) is 0 Å².